The summed E-state index contributed by atoms with van der Waals surface area (Å²) in [6.45, 7) is 5.97. The van der Waals surface area contributed by atoms with Crippen LogP contribution in [0, 0.1) is 0 Å². The Balaban J connectivity index is 1.59. The van der Waals surface area contributed by atoms with Crippen LogP contribution in [0.5, 0.6) is 0 Å². The number of hydrogen-bond acceptors (Lipinski definition) is 3. The molecular weight excluding hydrogens is 318 g/mol. The van der Waals surface area contributed by atoms with Gasteiger partial charge in [-0.05, 0) is 25.8 Å². The van der Waals surface area contributed by atoms with Gasteiger partial charge in [-0.15, -0.1) is 0 Å². The summed E-state index contributed by atoms with van der Waals surface area (Å²) in [5.74, 6) is -0.00277. The summed E-state index contributed by atoms with van der Waals surface area (Å²) < 4.78 is 0. The van der Waals surface area contributed by atoms with E-state index in [1.165, 1.54) is 0 Å². The minimum Gasteiger partial charge on any atom is -0.344 e. The fraction of sp³-hybridized carbons (Fsp3) is 0.526. The van der Waals surface area contributed by atoms with E-state index >= 15 is 0 Å². The first kappa shape index (κ1) is 17.5. The molecule has 3 amide bonds. The maximum Gasteiger partial charge on any atom is 0.245 e. The Hall–Kier alpha value is -2.37. The largest absolute Gasteiger partial charge is 0.344 e. The molecule has 25 heavy (non-hydrogen) atoms. The summed E-state index contributed by atoms with van der Waals surface area (Å²) in [5, 5.41) is 2.72. The van der Waals surface area contributed by atoms with Crippen LogP contribution in [0.15, 0.2) is 30.3 Å². The molecule has 6 heteroatoms. The lowest BCUT2D eigenvalue weighted by molar-refractivity contribution is -0.143. The highest BCUT2D eigenvalue weighted by atomic mass is 16.2. The molecule has 1 aromatic rings. The Morgan fingerprint density at radius 3 is 2.20 bits per heavy atom. The smallest absolute Gasteiger partial charge is 0.245 e. The molecular formula is C19H25N3O3. The molecule has 2 aliphatic heterocycles. The summed E-state index contributed by atoms with van der Waals surface area (Å²) in [6, 6.07) is 9.38. The SMILES string of the molecule is CC(C)(C(=O)N1CCN(C(=O)[C@@H]2CCC(=O)N2)CC1)c1ccccc1. The zero-order valence-corrected chi connectivity index (χ0v) is 14.8. The third kappa shape index (κ3) is 3.52. The maximum atomic E-state index is 13.0. The van der Waals surface area contributed by atoms with Gasteiger partial charge < -0.3 is 15.1 Å². The average Bonchev–Trinajstić information content (AvgIpc) is 3.07. The molecule has 2 saturated heterocycles. The van der Waals surface area contributed by atoms with Crippen LogP contribution in [0.1, 0.15) is 32.3 Å². The molecule has 2 heterocycles. The van der Waals surface area contributed by atoms with Gasteiger partial charge in [-0.25, -0.2) is 0 Å². The van der Waals surface area contributed by atoms with Crippen LogP contribution in [-0.2, 0) is 19.8 Å². The van der Waals surface area contributed by atoms with Crippen LogP contribution >= 0.6 is 0 Å². The zero-order valence-electron chi connectivity index (χ0n) is 14.8. The first-order chi connectivity index (χ1) is 11.9. The normalized spacial score (nSPS) is 21.2. The predicted molar refractivity (Wildman–Crippen MR) is 93.8 cm³/mol. The minimum atomic E-state index is -0.590. The van der Waals surface area contributed by atoms with Gasteiger partial charge >= 0.3 is 0 Å². The predicted octanol–water partition coefficient (Wildman–Crippen LogP) is 0.914. The van der Waals surface area contributed by atoms with Gasteiger partial charge in [0.05, 0.1) is 5.41 Å². The molecule has 0 radical (unpaired) electrons. The number of carbonyl (C=O) groups is 3. The summed E-state index contributed by atoms with van der Waals surface area (Å²) in [7, 11) is 0. The Labute approximate surface area is 148 Å². The van der Waals surface area contributed by atoms with Crippen molar-refractivity contribution in [3.05, 3.63) is 35.9 Å². The molecule has 134 valence electrons. The monoisotopic (exact) mass is 343 g/mol. The Morgan fingerprint density at radius 1 is 1.04 bits per heavy atom. The molecule has 0 unspecified atom stereocenters. The minimum absolute atomic E-state index is 0.0275. The fourth-order valence-corrected chi connectivity index (χ4v) is 3.52. The summed E-state index contributed by atoms with van der Waals surface area (Å²) >= 11 is 0. The molecule has 0 spiro atoms. The van der Waals surface area contributed by atoms with E-state index in [1.807, 2.05) is 49.1 Å². The van der Waals surface area contributed by atoms with Crippen LogP contribution < -0.4 is 5.32 Å². The molecule has 3 rings (SSSR count). The van der Waals surface area contributed by atoms with Crippen LogP contribution in [0.4, 0.5) is 0 Å². The number of hydrogen-bond donors (Lipinski definition) is 1. The molecule has 0 bridgehead atoms. The first-order valence-electron chi connectivity index (χ1n) is 8.82. The third-order valence-corrected chi connectivity index (χ3v) is 5.20. The van der Waals surface area contributed by atoms with E-state index in [-0.39, 0.29) is 17.7 Å². The van der Waals surface area contributed by atoms with Gasteiger partial charge in [0, 0.05) is 32.6 Å². The van der Waals surface area contributed by atoms with Gasteiger partial charge in [-0.3, -0.25) is 14.4 Å². The quantitative estimate of drug-likeness (QED) is 0.887. The van der Waals surface area contributed by atoms with Crippen molar-refractivity contribution in [2.24, 2.45) is 0 Å². The molecule has 1 atom stereocenters. The second kappa shape index (κ2) is 6.86. The van der Waals surface area contributed by atoms with Crippen molar-refractivity contribution in [3.8, 4) is 0 Å². The summed E-state index contributed by atoms with van der Waals surface area (Å²) in [6.07, 6.45) is 0.984. The topological polar surface area (TPSA) is 69.7 Å². The van der Waals surface area contributed by atoms with Crippen molar-refractivity contribution in [3.63, 3.8) is 0 Å². The third-order valence-electron chi connectivity index (χ3n) is 5.20. The zero-order chi connectivity index (χ0) is 18.0. The molecule has 0 aromatic heterocycles. The van der Waals surface area contributed by atoms with Crippen molar-refractivity contribution in [1.82, 2.24) is 15.1 Å². The number of nitrogens with zero attached hydrogens (tertiary/aromatic N) is 2. The van der Waals surface area contributed by atoms with Crippen LogP contribution in [0.2, 0.25) is 0 Å². The summed E-state index contributed by atoms with van der Waals surface area (Å²) in [4.78, 5) is 40.3. The van der Waals surface area contributed by atoms with Gasteiger partial charge in [0.2, 0.25) is 17.7 Å². The number of amides is 3. The second-order valence-electron chi connectivity index (χ2n) is 7.27. The van der Waals surface area contributed by atoms with E-state index in [4.69, 9.17) is 0 Å². The number of rotatable bonds is 3. The lowest BCUT2D eigenvalue weighted by Crippen LogP contribution is -2.56. The van der Waals surface area contributed by atoms with Gasteiger partial charge in [0.25, 0.3) is 0 Å². The van der Waals surface area contributed by atoms with E-state index in [2.05, 4.69) is 5.32 Å². The van der Waals surface area contributed by atoms with Crippen molar-refractivity contribution in [1.29, 1.82) is 0 Å². The molecule has 0 saturated carbocycles. The van der Waals surface area contributed by atoms with Crippen molar-refractivity contribution in [2.75, 3.05) is 26.2 Å². The molecule has 6 nitrogen and oxygen atoms in total. The Morgan fingerprint density at radius 2 is 1.64 bits per heavy atom. The standard InChI is InChI=1S/C19H25N3O3/c1-19(2,14-6-4-3-5-7-14)18(25)22-12-10-21(11-13-22)17(24)15-8-9-16(23)20-15/h3-7,15H,8-13H2,1-2H3,(H,20,23)/t15-/m0/s1. The van der Waals surface area contributed by atoms with Gasteiger partial charge in [-0.2, -0.15) is 0 Å². The fourth-order valence-electron chi connectivity index (χ4n) is 3.52. The van der Waals surface area contributed by atoms with E-state index in [0.29, 0.717) is 39.0 Å². The van der Waals surface area contributed by atoms with Crippen LogP contribution in [0.25, 0.3) is 0 Å². The molecule has 1 aromatic carbocycles. The Kier molecular flexibility index (Phi) is 4.79. The van der Waals surface area contributed by atoms with Crippen LogP contribution in [-0.4, -0.2) is 59.7 Å². The van der Waals surface area contributed by atoms with Gasteiger partial charge in [0.1, 0.15) is 6.04 Å². The van der Waals surface area contributed by atoms with Crippen LogP contribution in [0.3, 0.4) is 0 Å². The average molecular weight is 343 g/mol. The van der Waals surface area contributed by atoms with Crippen molar-refractivity contribution >= 4 is 17.7 Å². The van der Waals surface area contributed by atoms with E-state index < -0.39 is 11.5 Å². The lowest BCUT2D eigenvalue weighted by Gasteiger charge is -2.39. The molecule has 1 N–H and O–H groups in total. The highest BCUT2D eigenvalue weighted by Crippen LogP contribution is 2.26. The summed E-state index contributed by atoms with van der Waals surface area (Å²) in [5.41, 5.74) is 0.402. The lowest BCUT2D eigenvalue weighted by atomic mass is 9.83. The Bertz CT molecular complexity index is 664. The number of carbonyl (C=O) groups excluding carboxylic acids is 3. The second-order valence-corrected chi connectivity index (χ2v) is 7.27. The van der Waals surface area contributed by atoms with E-state index in [1.54, 1.807) is 4.90 Å². The number of nitrogens with one attached hydrogen (secondary N) is 1. The molecule has 2 fully saturated rings. The number of benzene rings is 1. The highest BCUT2D eigenvalue weighted by molar-refractivity contribution is 5.91. The number of piperazine rings is 1. The van der Waals surface area contributed by atoms with Gasteiger partial charge in [0.15, 0.2) is 0 Å². The highest BCUT2D eigenvalue weighted by Gasteiger charge is 2.37. The first-order valence-corrected chi connectivity index (χ1v) is 8.82. The van der Waals surface area contributed by atoms with Gasteiger partial charge in [-0.1, -0.05) is 30.3 Å². The van der Waals surface area contributed by atoms with Crippen molar-refractivity contribution < 1.29 is 14.4 Å². The molecule has 0 aliphatic carbocycles. The maximum absolute atomic E-state index is 13.0. The molecule has 2 aliphatic rings. The van der Waals surface area contributed by atoms with E-state index in [9.17, 15) is 14.4 Å². The van der Waals surface area contributed by atoms with E-state index in [0.717, 1.165) is 5.56 Å². The van der Waals surface area contributed by atoms with Crippen molar-refractivity contribution in [2.45, 2.75) is 38.1 Å².